The number of nitrogens with one attached hydrogen (secondary N) is 1. The van der Waals surface area contributed by atoms with E-state index in [1.54, 1.807) is 0 Å². The summed E-state index contributed by atoms with van der Waals surface area (Å²) in [5.74, 6) is 0.859. The zero-order chi connectivity index (χ0) is 12.4. The number of hydrogen-bond donors (Lipinski definition) is 2. The van der Waals surface area contributed by atoms with E-state index in [0.717, 1.165) is 22.6 Å². The Kier molecular flexibility index (Phi) is 2.57. The standard InChI is InChI=1S/C15H13N3/c16-12-5-7-13(8-6-12)18-15-14-4-2-1-3-11(14)9-10-17-15/h1-10H,16H2,(H,17,18). The number of benzene rings is 2. The summed E-state index contributed by atoms with van der Waals surface area (Å²) >= 11 is 0. The summed E-state index contributed by atoms with van der Waals surface area (Å²) < 4.78 is 0. The number of anilines is 3. The minimum Gasteiger partial charge on any atom is -0.399 e. The van der Waals surface area contributed by atoms with Gasteiger partial charge in [-0.3, -0.25) is 0 Å². The van der Waals surface area contributed by atoms with Crippen molar-refractivity contribution < 1.29 is 0 Å². The van der Waals surface area contributed by atoms with Crippen molar-refractivity contribution >= 4 is 28.0 Å². The number of aromatic nitrogens is 1. The minimum absolute atomic E-state index is 0.756. The molecule has 0 saturated heterocycles. The highest BCUT2D eigenvalue weighted by molar-refractivity contribution is 5.93. The number of rotatable bonds is 2. The van der Waals surface area contributed by atoms with Crippen LogP contribution in [0.1, 0.15) is 0 Å². The molecule has 1 heterocycles. The van der Waals surface area contributed by atoms with Crippen molar-refractivity contribution in [2.24, 2.45) is 0 Å². The molecule has 0 aliphatic heterocycles. The van der Waals surface area contributed by atoms with Crippen LogP contribution in [0.2, 0.25) is 0 Å². The van der Waals surface area contributed by atoms with Crippen LogP contribution in [0.5, 0.6) is 0 Å². The molecule has 3 N–H and O–H groups in total. The van der Waals surface area contributed by atoms with Gasteiger partial charge in [-0.2, -0.15) is 0 Å². The van der Waals surface area contributed by atoms with E-state index >= 15 is 0 Å². The van der Waals surface area contributed by atoms with Crippen molar-refractivity contribution in [1.29, 1.82) is 0 Å². The Morgan fingerprint density at radius 1 is 0.889 bits per heavy atom. The smallest absolute Gasteiger partial charge is 0.138 e. The molecule has 3 nitrogen and oxygen atoms in total. The molecule has 0 atom stereocenters. The van der Waals surface area contributed by atoms with Gasteiger partial charge in [0.1, 0.15) is 5.82 Å². The molecule has 0 saturated carbocycles. The molecule has 0 aliphatic carbocycles. The van der Waals surface area contributed by atoms with Crippen LogP contribution >= 0.6 is 0 Å². The highest BCUT2D eigenvalue weighted by Crippen LogP contribution is 2.24. The molecule has 0 unspecified atom stereocenters. The predicted molar refractivity (Wildman–Crippen MR) is 75.9 cm³/mol. The summed E-state index contributed by atoms with van der Waals surface area (Å²) in [6.45, 7) is 0. The average molecular weight is 235 g/mol. The normalized spacial score (nSPS) is 10.4. The largest absolute Gasteiger partial charge is 0.399 e. The summed E-state index contributed by atoms with van der Waals surface area (Å²) in [5.41, 5.74) is 7.40. The van der Waals surface area contributed by atoms with E-state index in [0.29, 0.717) is 0 Å². The Bertz CT molecular complexity index is 669. The maximum absolute atomic E-state index is 5.67. The lowest BCUT2D eigenvalue weighted by molar-refractivity contribution is 1.34. The number of pyridine rings is 1. The molecule has 0 aliphatic rings. The second-order valence-electron chi connectivity index (χ2n) is 4.13. The molecular formula is C15H13N3. The molecule has 1 aromatic heterocycles. The highest BCUT2D eigenvalue weighted by Gasteiger charge is 2.01. The van der Waals surface area contributed by atoms with Crippen molar-refractivity contribution in [3.8, 4) is 0 Å². The van der Waals surface area contributed by atoms with Gasteiger partial charge in [0.05, 0.1) is 0 Å². The number of nitrogen functional groups attached to an aromatic ring is 1. The third-order valence-corrected chi connectivity index (χ3v) is 2.85. The van der Waals surface area contributed by atoms with E-state index < -0.39 is 0 Å². The molecule has 3 rings (SSSR count). The van der Waals surface area contributed by atoms with Crippen molar-refractivity contribution in [1.82, 2.24) is 4.98 Å². The van der Waals surface area contributed by atoms with Gasteiger partial charge < -0.3 is 11.1 Å². The van der Waals surface area contributed by atoms with E-state index in [2.05, 4.69) is 22.4 Å². The first-order valence-corrected chi connectivity index (χ1v) is 5.79. The maximum atomic E-state index is 5.67. The van der Waals surface area contributed by atoms with Gasteiger partial charge in [0.25, 0.3) is 0 Å². The highest BCUT2D eigenvalue weighted by atomic mass is 15.0. The van der Waals surface area contributed by atoms with Gasteiger partial charge in [0, 0.05) is 23.0 Å². The first-order valence-electron chi connectivity index (χ1n) is 5.79. The Morgan fingerprint density at radius 3 is 2.50 bits per heavy atom. The second-order valence-corrected chi connectivity index (χ2v) is 4.13. The van der Waals surface area contributed by atoms with Gasteiger partial charge in [-0.1, -0.05) is 24.3 Å². The fourth-order valence-corrected chi connectivity index (χ4v) is 1.92. The van der Waals surface area contributed by atoms with Gasteiger partial charge in [-0.15, -0.1) is 0 Å². The van der Waals surface area contributed by atoms with Gasteiger partial charge in [0.2, 0.25) is 0 Å². The molecule has 0 spiro atoms. The number of nitrogens with two attached hydrogens (primary N) is 1. The van der Waals surface area contributed by atoms with E-state index in [1.165, 1.54) is 5.39 Å². The summed E-state index contributed by atoms with van der Waals surface area (Å²) in [7, 11) is 0. The zero-order valence-electron chi connectivity index (χ0n) is 9.80. The first kappa shape index (κ1) is 10.6. The molecular weight excluding hydrogens is 222 g/mol. The van der Waals surface area contributed by atoms with E-state index in [4.69, 9.17) is 5.73 Å². The number of fused-ring (bicyclic) bond motifs is 1. The zero-order valence-corrected chi connectivity index (χ0v) is 9.80. The van der Waals surface area contributed by atoms with Crippen LogP contribution in [0.4, 0.5) is 17.2 Å². The molecule has 0 radical (unpaired) electrons. The van der Waals surface area contributed by atoms with Crippen LogP contribution in [0.3, 0.4) is 0 Å². The van der Waals surface area contributed by atoms with E-state index in [-0.39, 0.29) is 0 Å². The summed E-state index contributed by atoms with van der Waals surface area (Å²) in [5, 5.41) is 5.59. The Morgan fingerprint density at radius 2 is 1.67 bits per heavy atom. The molecule has 88 valence electrons. The average Bonchev–Trinajstić information content (AvgIpc) is 2.42. The Hall–Kier alpha value is -2.55. The van der Waals surface area contributed by atoms with Crippen LogP contribution in [-0.4, -0.2) is 4.98 Å². The maximum Gasteiger partial charge on any atom is 0.138 e. The van der Waals surface area contributed by atoms with Crippen molar-refractivity contribution in [3.63, 3.8) is 0 Å². The van der Waals surface area contributed by atoms with Gasteiger partial charge in [-0.05, 0) is 35.7 Å². The van der Waals surface area contributed by atoms with Crippen LogP contribution in [-0.2, 0) is 0 Å². The topological polar surface area (TPSA) is 50.9 Å². The fraction of sp³-hybridized carbons (Fsp3) is 0. The quantitative estimate of drug-likeness (QED) is 0.668. The minimum atomic E-state index is 0.756. The lowest BCUT2D eigenvalue weighted by Gasteiger charge is -2.08. The molecule has 3 heteroatoms. The van der Waals surface area contributed by atoms with Crippen molar-refractivity contribution in [2.45, 2.75) is 0 Å². The molecule has 2 aromatic carbocycles. The Balaban J connectivity index is 2.02. The van der Waals surface area contributed by atoms with Crippen LogP contribution in [0.15, 0.2) is 60.8 Å². The third-order valence-electron chi connectivity index (χ3n) is 2.85. The Labute approximate surface area is 105 Å². The first-order chi connectivity index (χ1) is 8.83. The number of nitrogens with zero attached hydrogens (tertiary/aromatic N) is 1. The number of hydrogen-bond acceptors (Lipinski definition) is 3. The monoisotopic (exact) mass is 235 g/mol. The summed E-state index contributed by atoms with van der Waals surface area (Å²) in [4.78, 5) is 4.38. The van der Waals surface area contributed by atoms with Crippen LogP contribution in [0, 0.1) is 0 Å². The SMILES string of the molecule is Nc1ccc(Nc2nccc3ccccc23)cc1. The van der Waals surface area contributed by atoms with E-state index in [9.17, 15) is 0 Å². The summed E-state index contributed by atoms with van der Waals surface area (Å²) in [6, 6.07) is 17.8. The van der Waals surface area contributed by atoms with E-state index in [1.807, 2.05) is 48.7 Å². The fourth-order valence-electron chi connectivity index (χ4n) is 1.92. The second kappa shape index (κ2) is 4.37. The van der Waals surface area contributed by atoms with Gasteiger partial charge in [0.15, 0.2) is 0 Å². The molecule has 3 aromatic rings. The molecule has 0 bridgehead atoms. The van der Waals surface area contributed by atoms with Crippen molar-refractivity contribution in [3.05, 3.63) is 60.8 Å². The lowest BCUT2D eigenvalue weighted by Crippen LogP contribution is -1.94. The van der Waals surface area contributed by atoms with Crippen molar-refractivity contribution in [2.75, 3.05) is 11.1 Å². The molecule has 0 amide bonds. The van der Waals surface area contributed by atoms with Crippen LogP contribution in [0.25, 0.3) is 10.8 Å². The van der Waals surface area contributed by atoms with Gasteiger partial charge in [-0.25, -0.2) is 4.98 Å². The molecule has 18 heavy (non-hydrogen) atoms. The van der Waals surface area contributed by atoms with Gasteiger partial charge >= 0.3 is 0 Å². The van der Waals surface area contributed by atoms with Crippen LogP contribution < -0.4 is 11.1 Å². The predicted octanol–water partition coefficient (Wildman–Crippen LogP) is 3.56. The molecule has 0 fully saturated rings. The third kappa shape index (κ3) is 1.98. The lowest BCUT2D eigenvalue weighted by atomic mass is 10.1. The summed E-state index contributed by atoms with van der Waals surface area (Å²) in [6.07, 6.45) is 1.81.